The van der Waals surface area contributed by atoms with E-state index in [2.05, 4.69) is 5.32 Å². The molecule has 114 valence electrons. The number of para-hydroxylation sites is 1. The number of aryl methyl sites for hydroxylation is 1. The monoisotopic (exact) mass is 292 g/mol. The molecule has 1 aromatic carbocycles. The van der Waals surface area contributed by atoms with Crippen LogP contribution >= 0.6 is 0 Å². The lowest BCUT2D eigenvalue weighted by Gasteiger charge is -2.42. The van der Waals surface area contributed by atoms with Crippen LogP contribution in [0.3, 0.4) is 0 Å². The molecule has 1 aromatic rings. The second-order valence-corrected chi connectivity index (χ2v) is 6.60. The molecular weight excluding hydrogens is 271 g/mol. The number of halogens is 1. The number of hydrogen-bond acceptors (Lipinski definition) is 2. The number of hydrogen-bond donors (Lipinski definition) is 1. The first-order chi connectivity index (χ1) is 9.64. The molecule has 1 N–H and O–H groups in total. The van der Waals surface area contributed by atoms with Gasteiger partial charge < -0.3 is 5.32 Å². The predicted molar refractivity (Wildman–Crippen MR) is 79.5 cm³/mol. The Labute approximate surface area is 124 Å². The van der Waals surface area contributed by atoms with E-state index < -0.39 is 23.3 Å². The van der Waals surface area contributed by atoms with E-state index >= 15 is 0 Å². The third-order valence-corrected chi connectivity index (χ3v) is 3.83. The number of benzene rings is 1. The molecule has 0 spiro atoms. The van der Waals surface area contributed by atoms with Crippen LogP contribution in [0, 0.1) is 18.2 Å². The quantitative estimate of drug-likeness (QED) is 0.864. The van der Waals surface area contributed by atoms with E-state index in [0.717, 1.165) is 0 Å². The van der Waals surface area contributed by atoms with Gasteiger partial charge in [0.2, 0.25) is 5.91 Å². The number of nitrogens with one attached hydrogen (secondary N) is 1. The van der Waals surface area contributed by atoms with Gasteiger partial charge in [-0.1, -0.05) is 32.9 Å². The van der Waals surface area contributed by atoms with Gasteiger partial charge in [-0.15, -0.1) is 0 Å². The molecule has 1 aliphatic rings. The summed E-state index contributed by atoms with van der Waals surface area (Å²) < 4.78 is 14.2. The first-order valence-electron chi connectivity index (χ1n) is 7.03. The highest BCUT2D eigenvalue weighted by atomic mass is 19.1. The van der Waals surface area contributed by atoms with Crippen molar-refractivity contribution in [2.24, 2.45) is 5.41 Å². The first-order valence-corrected chi connectivity index (χ1v) is 7.03. The molecule has 21 heavy (non-hydrogen) atoms. The third kappa shape index (κ3) is 2.64. The molecule has 0 aromatic heterocycles. The maximum atomic E-state index is 14.2. The topological polar surface area (TPSA) is 49.4 Å². The molecule has 2 rings (SSSR count). The van der Waals surface area contributed by atoms with Crippen molar-refractivity contribution in [1.29, 1.82) is 0 Å². The molecule has 0 radical (unpaired) electrons. The fourth-order valence-corrected chi connectivity index (χ4v) is 2.59. The summed E-state index contributed by atoms with van der Waals surface area (Å²) in [5.41, 5.74) is 0.390. The summed E-state index contributed by atoms with van der Waals surface area (Å²) in [6, 6.07) is 3.24. The number of carbonyl (C=O) groups excluding carboxylic acids is 2. The molecule has 2 unspecified atom stereocenters. The fourth-order valence-electron chi connectivity index (χ4n) is 2.59. The zero-order valence-electron chi connectivity index (χ0n) is 13.0. The van der Waals surface area contributed by atoms with E-state index in [0.29, 0.717) is 5.56 Å². The number of anilines is 1. The van der Waals surface area contributed by atoms with Gasteiger partial charge in [-0.25, -0.2) is 4.39 Å². The second-order valence-electron chi connectivity index (χ2n) is 6.60. The third-order valence-electron chi connectivity index (χ3n) is 3.83. The van der Waals surface area contributed by atoms with Crippen LogP contribution in [-0.4, -0.2) is 23.9 Å². The van der Waals surface area contributed by atoms with Crippen molar-refractivity contribution in [3.63, 3.8) is 0 Å². The van der Waals surface area contributed by atoms with E-state index in [9.17, 15) is 14.0 Å². The summed E-state index contributed by atoms with van der Waals surface area (Å²) in [5, 5.41) is 2.74. The summed E-state index contributed by atoms with van der Waals surface area (Å²) in [7, 11) is 0. The fraction of sp³-hybridized carbons (Fsp3) is 0.500. The van der Waals surface area contributed by atoms with Crippen molar-refractivity contribution in [3.05, 3.63) is 29.6 Å². The minimum absolute atomic E-state index is 0.194. The second kappa shape index (κ2) is 5.13. The van der Waals surface area contributed by atoms with E-state index in [1.807, 2.05) is 20.8 Å². The van der Waals surface area contributed by atoms with Crippen LogP contribution in [0.2, 0.25) is 0 Å². The number of piperazine rings is 1. The minimum atomic E-state index is -0.730. The SMILES string of the molecule is Cc1cccc(F)c1N1C(=O)C(C(C)(C)C)NC(=O)C1C. The van der Waals surface area contributed by atoms with Gasteiger partial charge in [-0.3, -0.25) is 14.5 Å². The average molecular weight is 292 g/mol. The van der Waals surface area contributed by atoms with Crippen LogP contribution in [0.25, 0.3) is 0 Å². The highest BCUT2D eigenvalue weighted by molar-refractivity contribution is 6.09. The van der Waals surface area contributed by atoms with E-state index in [1.165, 1.54) is 11.0 Å². The Morgan fingerprint density at radius 3 is 2.38 bits per heavy atom. The number of carbonyl (C=O) groups is 2. The van der Waals surface area contributed by atoms with Gasteiger partial charge in [0.05, 0.1) is 5.69 Å². The van der Waals surface area contributed by atoms with Crippen LogP contribution in [0.4, 0.5) is 10.1 Å². The van der Waals surface area contributed by atoms with Crippen LogP contribution in [0.15, 0.2) is 18.2 Å². The molecule has 5 heteroatoms. The number of rotatable bonds is 1. The Morgan fingerprint density at radius 1 is 1.24 bits per heavy atom. The van der Waals surface area contributed by atoms with Gasteiger partial charge in [-0.05, 0) is 30.9 Å². The zero-order valence-corrected chi connectivity index (χ0v) is 13.0. The van der Waals surface area contributed by atoms with Crippen LogP contribution < -0.4 is 10.2 Å². The van der Waals surface area contributed by atoms with Crippen molar-refractivity contribution in [2.45, 2.75) is 46.7 Å². The molecule has 2 amide bonds. The molecule has 0 saturated carbocycles. The first kappa shape index (κ1) is 15.5. The summed E-state index contributed by atoms with van der Waals surface area (Å²) in [6.45, 7) is 8.96. The Hall–Kier alpha value is -1.91. The van der Waals surface area contributed by atoms with Gasteiger partial charge in [0.15, 0.2) is 0 Å². The molecule has 1 heterocycles. The maximum Gasteiger partial charge on any atom is 0.250 e. The summed E-state index contributed by atoms with van der Waals surface area (Å²) in [6.07, 6.45) is 0. The largest absolute Gasteiger partial charge is 0.342 e. The Morgan fingerprint density at radius 2 is 1.86 bits per heavy atom. The number of amides is 2. The Bertz CT molecular complexity index is 572. The van der Waals surface area contributed by atoms with Gasteiger partial charge >= 0.3 is 0 Å². The molecule has 0 aliphatic carbocycles. The van der Waals surface area contributed by atoms with E-state index in [1.54, 1.807) is 26.0 Å². The summed E-state index contributed by atoms with van der Waals surface area (Å²) in [4.78, 5) is 26.2. The van der Waals surface area contributed by atoms with Crippen molar-refractivity contribution < 1.29 is 14.0 Å². The van der Waals surface area contributed by atoms with E-state index in [-0.39, 0.29) is 17.5 Å². The molecular formula is C16H21FN2O2. The van der Waals surface area contributed by atoms with Crippen molar-refractivity contribution in [2.75, 3.05) is 4.90 Å². The van der Waals surface area contributed by atoms with E-state index in [4.69, 9.17) is 0 Å². The van der Waals surface area contributed by atoms with Gasteiger partial charge in [0.25, 0.3) is 5.91 Å². The number of nitrogens with zero attached hydrogens (tertiary/aromatic N) is 1. The highest BCUT2D eigenvalue weighted by Crippen LogP contribution is 2.32. The standard InChI is InChI=1S/C16H21FN2O2/c1-9-7-6-8-11(17)12(9)19-10(2)14(20)18-13(15(19)21)16(3,4)5/h6-8,10,13H,1-5H3,(H,18,20). The van der Waals surface area contributed by atoms with Crippen molar-refractivity contribution in [3.8, 4) is 0 Å². The average Bonchev–Trinajstić information content (AvgIpc) is 2.36. The van der Waals surface area contributed by atoms with Gasteiger partial charge in [0, 0.05) is 0 Å². The normalized spacial score (nSPS) is 23.2. The van der Waals surface area contributed by atoms with Crippen molar-refractivity contribution >= 4 is 17.5 Å². The lowest BCUT2D eigenvalue weighted by molar-refractivity contribution is -0.136. The Balaban J connectivity index is 2.54. The van der Waals surface area contributed by atoms with Gasteiger partial charge in [0.1, 0.15) is 17.9 Å². The van der Waals surface area contributed by atoms with Crippen LogP contribution in [-0.2, 0) is 9.59 Å². The molecule has 1 aliphatic heterocycles. The predicted octanol–water partition coefficient (Wildman–Crippen LogP) is 2.40. The molecule has 2 atom stereocenters. The minimum Gasteiger partial charge on any atom is -0.342 e. The Kier molecular flexibility index (Phi) is 3.78. The van der Waals surface area contributed by atoms with Gasteiger partial charge in [-0.2, -0.15) is 0 Å². The summed E-state index contributed by atoms with van der Waals surface area (Å²) in [5.74, 6) is -1.03. The van der Waals surface area contributed by atoms with Crippen LogP contribution in [0.5, 0.6) is 0 Å². The summed E-state index contributed by atoms with van der Waals surface area (Å²) >= 11 is 0. The van der Waals surface area contributed by atoms with Crippen molar-refractivity contribution in [1.82, 2.24) is 5.32 Å². The zero-order chi connectivity index (χ0) is 15.9. The maximum absolute atomic E-state index is 14.2. The lowest BCUT2D eigenvalue weighted by atomic mass is 9.83. The molecule has 4 nitrogen and oxygen atoms in total. The lowest BCUT2D eigenvalue weighted by Crippen LogP contribution is -2.66. The molecule has 1 fully saturated rings. The molecule has 1 saturated heterocycles. The van der Waals surface area contributed by atoms with Crippen LogP contribution in [0.1, 0.15) is 33.3 Å². The molecule has 0 bridgehead atoms. The smallest absolute Gasteiger partial charge is 0.250 e. The highest BCUT2D eigenvalue weighted by Gasteiger charge is 2.45.